The molecule has 0 bridgehead atoms. The number of sulfonamides is 1. The summed E-state index contributed by atoms with van der Waals surface area (Å²) in [6.45, 7) is 3.38. The lowest BCUT2D eigenvalue weighted by molar-refractivity contribution is -0.126. The van der Waals surface area contributed by atoms with E-state index in [1.165, 1.54) is 15.4 Å². The van der Waals surface area contributed by atoms with Gasteiger partial charge in [0.1, 0.15) is 0 Å². The van der Waals surface area contributed by atoms with Crippen molar-refractivity contribution in [2.24, 2.45) is 5.92 Å². The number of carbonyl (C=O) groups is 1. The van der Waals surface area contributed by atoms with Gasteiger partial charge in [-0.25, -0.2) is 12.7 Å². The Bertz CT molecular complexity index is 1020. The largest absolute Gasteiger partial charge is 0.356 e. The molecule has 0 radical (unpaired) electrons. The average molecular weight is 483 g/mol. The van der Waals surface area contributed by atoms with E-state index in [9.17, 15) is 13.2 Å². The maximum Gasteiger partial charge on any atom is 0.223 e. The summed E-state index contributed by atoms with van der Waals surface area (Å²) in [4.78, 5) is 12.5. The van der Waals surface area contributed by atoms with Gasteiger partial charge in [-0.1, -0.05) is 59.1 Å². The van der Waals surface area contributed by atoms with Crippen molar-refractivity contribution in [2.45, 2.75) is 38.4 Å². The summed E-state index contributed by atoms with van der Waals surface area (Å²) >= 11 is 12.0. The van der Waals surface area contributed by atoms with Crippen LogP contribution in [0.4, 0.5) is 0 Å². The smallest absolute Gasteiger partial charge is 0.223 e. The molecular weight excluding hydrogens is 455 g/mol. The van der Waals surface area contributed by atoms with Gasteiger partial charge in [-0.05, 0) is 55.9 Å². The Kier molecular flexibility index (Phi) is 8.39. The molecule has 3 rings (SSSR count). The van der Waals surface area contributed by atoms with E-state index < -0.39 is 10.0 Å². The third-order valence-electron chi connectivity index (χ3n) is 5.60. The molecule has 8 heteroatoms. The van der Waals surface area contributed by atoms with Gasteiger partial charge in [0.15, 0.2) is 0 Å². The fourth-order valence-electron chi connectivity index (χ4n) is 3.84. The van der Waals surface area contributed by atoms with Crippen LogP contribution in [0.1, 0.15) is 36.0 Å². The van der Waals surface area contributed by atoms with E-state index in [0.29, 0.717) is 48.1 Å². The van der Waals surface area contributed by atoms with Crippen LogP contribution < -0.4 is 5.32 Å². The molecule has 1 aliphatic heterocycles. The molecule has 1 saturated heterocycles. The van der Waals surface area contributed by atoms with Gasteiger partial charge in [0, 0.05) is 35.6 Å². The van der Waals surface area contributed by atoms with Gasteiger partial charge in [-0.3, -0.25) is 4.79 Å². The van der Waals surface area contributed by atoms with Crippen molar-refractivity contribution in [3.8, 4) is 0 Å². The first-order chi connectivity index (χ1) is 14.7. The van der Waals surface area contributed by atoms with Crippen LogP contribution in [0, 0.1) is 12.8 Å². The Morgan fingerprint density at radius 2 is 1.87 bits per heavy atom. The van der Waals surface area contributed by atoms with Crippen LogP contribution in [0.15, 0.2) is 42.5 Å². The summed E-state index contributed by atoms with van der Waals surface area (Å²) in [5.41, 5.74) is 3.04. The summed E-state index contributed by atoms with van der Waals surface area (Å²) in [6.07, 6.45) is 2.85. The van der Waals surface area contributed by atoms with Crippen molar-refractivity contribution in [2.75, 3.05) is 19.6 Å². The number of aryl methyl sites for hydroxylation is 2. The fraction of sp³-hybridized carbons (Fsp3) is 0.435. The van der Waals surface area contributed by atoms with Gasteiger partial charge in [0.25, 0.3) is 0 Å². The second kappa shape index (κ2) is 10.8. The first-order valence-electron chi connectivity index (χ1n) is 10.5. The van der Waals surface area contributed by atoms with E-state index >= 15 is 0 Å². The Morgan fingerprint density at radius 1 is 1.13 bits per heavy atom. The number of hydrogen-bond acceptors (Lipinski definition) is 3. The minimum Gasteiger partial charge on any atom is -0.356 e. The number of amides is 1. The third-order valence-corrected chi connectivity index (χ3v) is 8.01. The lowest BCUT2D eigenvalue weighted by Gasteiger charge is -2.30. The Hall–Kier alpha value is -1.60. The second-order valence-electron chi connectivity index (χ2n) is 8.05. The lowest BCUT2D eigenvalue weighted by atomic mass is 9.97. The maximum atomic E-state index is 12.8. The van der Waals surface area contributed by atoms with Crippen molar-refractivity contribution in [1.82, 2.24) is 9.62 Å². The summed E-state index contributed by atoms with van der Waals surface area (Å²) in [5, 5.41) is 3.82. The number of benzene rings is 2. The minimum atomic E-state index is -3.50. The van der Waals surface area contributed by atoms with E-state index in [-0.39, 0.29) is 17.6 Å². The standard InChI is InChI=1S/C23H28Cl2N2O3S/c1-17-4-2-5-18(14-17)6-3-11-26-23(28)19-9-12-27(13-10-19)31(29,30)16-20-7-8-21(24)15-22(20)25/h2,4-5,7-8,14-15,19H,3,6,9-13,16H2,1H3,(H,26,28). The topological polar surface area (TPSA) is 66.5 Å². The molecule has 1 amide bonds. The average Bonchev–Trinajstić information content (AvgIpc) is 2.73. The molecule has 5 nitrogen and oxygen atoms in total. The number of halogens is 2. The molecule has 2 aromatic rings. The van der Waals surface area contributed by atoms with Gasteiger partial charge in [-0.15, -0.1) is 0 Å². The zero-order valence-corrected chi connectivity index (χ0v) is 19.9. The number of hydrogen-bond donors (Lipinski definition) is 1. The highest BCUT2D eigenvalue weighted by atomic mass is 35.5. The Labute approximate surface area is 194 Å². The molecule has 1 fully saturated rings. The molecule has 2 aromatic carbocycles. The molecule has 0 spiro atoms. The molecule has 168 valence electrons. The molecule has 0 unspecified atom stereocenters. The fourth-order valence-corrected chi connectivity index (χ4v) is 5.99. The van der Waals surface area contributed by atoms with E-state index in [1.54, 1.807) is 18.2 Å². The molecule has 0 aromatic heterocycles. The van der Waals surface area contributed by atoms with Gasteiger partial charge >= 0.3 is 0 Å². The van der Waals surface area contributed by atoms with Crippen LogP contribution in [0.25, 0.3) is 0 Å². The van der Waals surface area contributed by atoms with Gasteiger partial charge in [0.2, 0.25) is 15.9 Å². The maximum absolute atomic E-state index is 12.8. The molecule has 0 saturated carbocycles. The van der Waals surface area contributed by atoms with Crippen molar-refractivity contribution in [3.05, 3.63) is 69.2 Å². The number of piperidine rings is 1. The number of nitrogens with one attached hydrogen (secondary N) is 1. The highest BCUT2D eigenvalue weighted by Crippen LogP contribution is 2.26. The predicted octanol–water partition coefficient (Wildman–Crippen LogP) is 4.59. The van der Waals surface area contributed by atoms with E-state index in [0.717, 1.165) is 12.8 Å². The third kappa shape index (κ3) is 6.94. The zero-order valence-electron chi connectivity index (χ0n) is 17.6. The number of nitrogens with zero attached hydrogens (tertiary/aromatic N) is 1. The summed E-state index contributed by atoms with van der Waals surface area (Å²) in [6, 6.07) is 13.2. The highest BCUT2D eigenvalue weighted by Gasteiger charge is 2.31. The zero-order chi connectivity index (χ0) is 22.4. The highest BCUT2D eigenvalue weighted by molar-refractivity contribution is 7.88. The predicted molar refractivity (Wildman–Crippen MR) is 126 cm³/mol. The van der Waals surface area contributed by atoms with Crippen molar-refractivity contribution < 1.29 is 13.2 Å². The lowest BCUT2D eigenvalue weighted by Crippen LogP contribution is -2.43. The van der Waals surface area contributed by atoms with Gasteiger partial charge < -0.3 is 5.32 Å². The normalized spacial score (nSPS) is 15.7. The molecule has 1 heterocycles. The van der Waals surface area contributed by atoms with Crippen molar-refractivity contribution in [1.29, 1.82) is 0 Å². The molecule has 0 atom stereocenters. The molecular formula is C23H28Cl2N2O3S. The van der Waals surface area contributed by atoms with Crippen molar-refractivity contribution in [3.63, 3.8) is 0 Å². The van der Waals surface area contributed by atoms with Crippen LogP contribution in [-0.2, 0) is 27.0 Å². The quantitative estimate of drug-likeness (QED) is 0.559. The van der Waals surface area contributed by atoms with E-state index in [4.69, 9.17) is 23.2 Å². The van der Waals surface area contributed by atoms with Gasteiger partial charge in [-0.2, -0.15) is 0 Å². The molecule has 1 aliphatic rings. The SMILES string of the molecule is Cc1cccc(CCCNC(=O)C2CCN(S(=O)(=O)Cc3ccc(Cl)cc3Cl)CC2)c1. The Balaban J connectivity index is 1.43. The second-order valence-corrected chi connectivity index (χ2v) is 10.9. The first kappa shape index (κ1) is 24.1. The Morgan fingerprint density at radius 3 is 2.55 bits per heavy atom. The van der Waals surface area contributed by atoms with Crippen LogP contribution in [-0.4, -0.2) is 38.3 Å². The van der Waals surface area contributed by atoms with E-state index in [1.807, 2.05) is 6.07 Å². The van der Waals surface area contributed by atoms with Crippen LogP contribution >= 0.6 is 23.2 Å². The van der Waals surface area contributed by atoms with Crippen LogP contribution in [0.5, 0.6) is 0 Å². The molecule has 1 N–H and O–H groups in total. The summed E-state index contributed by atoms with van der Waals surface area (Å²) < 4.78 is 27.0. The van der Waals surface area contributed by atoms with E-state index in [2.05, 4.69) is 30.4 Å². The summed E-state index contributed by atoms with van der Waals surface area (Å²) in [7, 11) is -3.50. The number of rotatable bonds is 8. The minimum absolute atomic E-state index is 0.0158. The molecule has 31 heavy (non-hydrogen) atoms. The van der Waals surface area contributed by atoms with Crippen LogP contribution in [0.3, 0.4) is 0 Å². The van der Waals surface area contributed by atoms with Crippen molar-refractivity contribution >= 4 is 39.1 Å². The number of carbonyl (C=O) groups excluding carboxylic acids is 1. The van der Waals surface area contributed by atoms with Gasteiger partial charge in [0.05, 0.1) is 5.75 Å². The monoisotopic (exact) mass is 482 g/mol. The first-order valence-corrected chi connectivity index (χ1v) is 12.9. The molecule has 0 aliphatic carbocycles. The van der Waals surface area contributed by atoms with Crippen LogP contribution in [0.2, 0.25) is 10.0 Å². The summed E-state index contributed by atoms with van der Waals surface area (Å²) in [5.74, 6) is -0.301.